The quantitative estimate of drug-likeness (QED) is 0.901. The third kappa shape index (κ3) is 3.14. The van der Waals surface area contributed by atoms with Gasteiger partial charge in [0.05, 0.1) is 17.9 Å². The summed E-state index contributed by atoms with van der Waals surface area (Å²) in [7, 11) is 0. The van der Waals surface area contributed by atoms with Crippen molar-refractivity contribution < 1.29 is 9.18 Å². The van der Waals surface area contributed by atoms with Crippen LogP contribution in [0.3, 0.4) is 0 Å². The molecule has 20 heavy (non-hydrogen) atoms. The molecule has 2 rings (SSSR count). The lowest BCUT2D eigenvalue weighted by Crippen LogP contribution is -2.36. The molecule has 0 spiro atoms. The van der Waals surface area contributed by atoms with Crippen molar-refractivity contribution in [3.63, 3.8) is 0 Å². The van der Waals surface area contributed by atoms with Crippen molar-refractivity contribution in [2.24, 2.45) is 0 Å². The standard InChI is InChI=1S/C14H17FN4O/c1-3-19(14(20)18-13-8-16-17-9-13)10(2)11-4-6-12(15)7-5-11/h4-10H,3H2,1-2H3,(H,16,17)(H,18,20)/t10-/m0/s1. The second-order valence-electron chi connectivity index (χ2n) is 4.43. The van der Waals surface area contributed by atoms with Crippen LogP contribution >= 0.6 is 0 Å². The van der Waals surface area contributed by atoms with Gasteiger partial charge >= 0.3 is 6.03 Å². The first-order valence-corrected chi connectivity index (χ1v) is 6.43. The van der Waals surface area contributed by atoms with Crippen molar-refractivity contribution in [1.29, 1.82) is 0 Å². The van der Waals surface area contributed by atoms with Gasteiger partial charge in [-0.25, -0.2) is 9.18 Å². The van der Waals surface area contributed by atoms with Crippen molar-refractivity contribution in [2.75, 3.05) is 11.9 Å². The van der Waals surface area contributed by atoms with Crippen LogP contribution in [0.5, 0.6) is 0 Å². The van der Waals surface area contributed by atoms with Crippen molar-refractivity contribution >= 4 is 11.7 Å². The first-order chi connectivity index (χ1) is 9.61. The molecule has 5 nitrogen and oxygen atoms in total. The van der Waals surface area contributed by atoms with Gasteiger partial charge in [-0.05, 0) is 31.5 Å². The minimum Gasteiger partial charge on any atom is -0.318 e. The highest BCUT2D eigenvalue weighted by atomic mass is 19.1. The highest BCUT2D eigenvalue weighted by molar-refractivity contribution is 5.89. The minimum absolute atomic E-state index is 0.146. The Morgan fingerprint density at radius 2 is 2.15 bits per heavy atom. The van der Waals surface area contributed by atoms with Crippen LogP contribution in [0.15, 0.2) is 36.7 Å². The first-order valence-electron chi connectivity index (χ1n) is 6.43. The zero-order valence-electron chi connectivity index (χ0n) is 11.4. The summed E-state index contributed by atoms with van der Waals surface area (Å²) in [6, 6.07) is 5.81. The molecule has 2 amide bonds. The monoisotopic (exact) mass is 276 g/mol. The molecule has 0 saturated carbocycles. The Bertz CT molecular complexity index is 553. The maximum Gasteiger partial charge on any atom is 0.322 e. The van der Waals surface area contributed by atoms with Crippen molar-refractivity contribution in [3.8, 4) is 0 Å². The fourth-order valence-electron chi connectivity index (χ4n) is 2.03. The predicted octanol–water partition coefficient (Wildman–Crippen LogP) is 3.16. The number of urea groups is 1. The predicted molar refractivity (Wildman–Crippen MR) is 74.8 cm³/mol. The van der Waals surface area contributed by atoms with Crippen LogP contribution in [0.4, 0.5) is 14.9 Å². The lowest BCUT2D eigenvalue weighted by molar-refractivity contribution is 0.197. The number of halogens is 1. The van der Waals surface area contributed by atoms with E-state index in [2.05, 4.69) is 15.5 Å². The third-order valence-electron chi connectivity index (χ3n) is 3.17. The van der Waals surface area contributed by atoms with Gasteiger partial charge < -0.3 is 10.2 Å². The molecule has 0 aliphatic heterocycles. The number of nitrogens with one attached hydrogen (secondary N) is 2. The molecule has 1 aromatic carbocycles. The number of carbonyl (C=O) groups is 1. The fourth-order valence-corrected chi connectivity index (χ4v) is 2.03. The molecule has 0 unspecified atom stereocenters. The minimum atomic E-state index is -0.285. The number of amides is 2. The number of aromatic amines is 1. The number of rotatable bonds is 4. The summed E-state index contributed by atoms with van der Waals surface area (Å²) in [6.45, 7) is 4.35. The molecule has 0 radical (unpaired) electrons. The van der Waals surface area contributed by atoms with E-state index in [4.69, 9.17) is 0 Å². The Hall–Kier alpha value is -2.37. The number of carbonyl (C=O) groups excluding carboxylic acids is 1. The summed E-state index contributed by atoms with van der Waals surface area (Å²) in [6.07, 6.45) is 3.14. The molecule has 1 heterocycles. The average molecular weight is 276 g/mol. The number of nitrogens with zero attached hydrogens (tertiary/aromatic N) is 2. The maximum atomic E-state index is 12.9. The number of aromatic nitrogens is 2. The first kappa shape index (κ1) is 14.0. The van der Waals surface area contributed by atoms with Crippen molar-refractivity contribution in [2.45, 2.75) is 19.9 Å². The molecule has 0 saturated heterocycles. The van der Waals surface area contributed by atoms with E-state index in [1.54, 1.807) is 23.2 Å². The molecule has 1 atom stereocenters. The van der Waals surface area contributed by atoms with Gasteiger partial charge in [0.1, 0.15) is 5.82 Å². The summed E-state index contributed by atoms with van der Waals surface area (Å²) in [5, 5.41) is 9.16. The van der Waals surface area contributed by atoms with E-state index in [9.17, 15) is 9.18 Å². The van der Waals surface area contributed by atoms with E-state index in [0.29, 0.717) is 12.2 Å². The molecule has 0 aliphatic carbocycles. The van der Waals surface area contributed by atoms with Gasteiger partial charge in [0, 0.05) is 12.7 Å². The van der Waals surface area contributed by atoms with Gasteiger partial charge in [0.2, 0.25) is 0 Å². The highest BCUT2D eigenvalue weighted by Gasteiger charge is 2.20. The second-order valence-corrected chi connectivity index (χ2v) is 4.43. The number of hydrogen-bond acceptors (Lipinski definition) is 2. The normalized spacial score (nSPS) is 11.9. The van der Waals surface area contributed by atoms with Gasteiger partial charge in [-0.1, -0.05) is 12.1 Å². The molecule has 0 fully saturated rings. The zero-order valence-corrected chi connectivity index (χ0v) is 11.4. The highest BCUT2D eigenvalue weighted by Crippen LogP contribution is 2.21. The Labute approximate surface area is 116 Å². The second kappa shape index (κ2) is 6.18. The lowest BCUT2D eigenvalue weighted by Gasteiger charge is -2.28. The maximum absolute atomic E-state index is 12.9. The smallest absolute Gasteiger partial charge is 0.318 e. The number of hydrogen-bond donors (Lipinski definition) is 2. The Morgan fingerprint density at radius 1 is 1.45 bits per heavy atom. The van der Waals surface area contributed by atoms with Gasteiger partial charge in [-0.3, -0.25) is 5.10 Å². The van der Waals surface area contributed by atoms with Crippen LogP contribution in [-0.4, -0.2) is 27.7 Å². The summed E-state index contributed by atoms with van der Waals surface area (Å²) >= 11 is 0. The van der Waals surface area contributed by atoms with Crippen LogP contribution in [0.1, 0.15) is 25.5 Å². The Kier molecular flexibility index (Phi) is 4.34. The zero-order chi connectivity index (χ0) is 14.5. The largest absolute Gasteiger partial charge is 0.322 e. The SMILES string of the molecule is CCN(C(=O)Nc1cn[nH]c1)[C@@H](C)c1ccc(F)cc1. The number of anilines is 1. The average Bonchev–Trinajstić information content (AvgIpc) is 2.93. The van der Waals surface area contributed by atoms with Crippen molar-refractivity contribution in [3.05, 3.63) is 48.0 Å². The lowest BCUT2D eigenvalue weighted by atomic mass is 10.1. The van der Waals surface area contributed by atoms with E-state index < -0.39 is 0 Å². The van der Waals surface area contributed by atoms with Crippen LogP contribution in [0, 0.1) is 5.82 Å². The summed E-state index contributed by atoms with van der Waals surface area (Å²) in [5.74, 6) is -0.285. The molecule has 6 heteroatoms. The summed E-state index contributed by atoms with van der Waals surface area (Å²) < 4.78 is 12.9. The molecule has 0 bridgehead atoms. The van der Waals surface area contributed by atoms with Gasteiger partial charge in [0.15, 0.2) is 0 Å². The Balaban J connectivity index is 2.10. The molecular formula is C14H17FN4O. The molecular weight excluding hydrogens is 259 g/mol. The van der Waals surface area contributed by atoms with E-state index in [-0.39, 0.29) is 17.9 Å². The van der Waals surface area contributed by atoms with E-state index in [1.165, 1.54) is 18.3 Å². The van der Waals surface area contributed by atoms with Gasteiger partial charge in [-0.15, -0.1) is 0 Å². The molecule has 2 N–H and O–H groups in total. The van der Waals surface area contributed by atoms with Crippen molar-refractivity contribution in [1.82, 2.24) is 15.1 Å². The van der Waals surface area contributed by atoms with Crippen LogP contribution in [-0.2, 0) is 0 Å². The summed E-state index contributed by atoms with van der Waals surface area (Å²) in [5.41, 5.74) is 1.50. The van der Waals surface area contributed by atoms with E-state index in [1.807, 2.05) is 13.8 Å². The molecule has 0 aliphatic rings. The number of benzene rings is 1. The molecule has 1 aromatic heterocycles. The summed E-state index contributed by atoms with van der Waals surface area (Å²) in [4.78, 5) is 13.9. The van der Waals surface area contributed by atoms with E-state index >= 15 is 0 Å². The Morgan fingerprint density at radius 3 is 2.70 bits per heavy atom. The fraction of sp³-hybridized carbons (Fsp3) is 0.286. The van der Waals surface area contributed by atoms with Gasteiger partial charge in [0.25, 0.3) is 0 Å². The third-order valence-corrected chi connectivity index (χ3v) is 3.17. The van der Waals surface area contributed by atoms with Crippen LogP contribution < -0.4 is 5.32 Å². The topological polar surface area (TPSA) is 61.0 Å². The van der Waals surface area contributed by atoms with Crippen LogP contribution in [0.2, 0.25) is 0 Å². The van der Waals surface area contributed by atoms with E-state index in [0.717, 1.165) is 5.56 Å². The molecule has 2 aromatic rings. The molecule has 106 valence electrons. The van der Waals surface area contributed by atoms with Gasteiger partial charge in [-0.2, -0.15) is 5.10 Å². The van der Waals surface area contributed by atoms with Crippen LogP contribution in [0.25, 0.3) is 0 Å². The number of H-pyrrole nitrogens is 1.